The molecule has 0 unspecified atom stereocenters. The number of amides is 4. The summed E-state index contributed by atoms with van der Waals surface area (Å²) in [6.07, 6.45) is 4.23. The smallest absolute Gasteiger partial charge is 0.270 e. The number of anilines is 3. The molecule has 4 amide bonds. The van der Waals surface area contributed by atoms with Gasteiger partial charge in [0.1, 0.15) is 41.2 Å². The first kappa shape index (κ1) is 40.7. The van der Waals surface area contributed by atoms with Crippen molar-refractivity contribution in [3.63, 3.8) is 0 Å². The number of piperazine rings is 1. The molecule has 6 aromatic rings. The van der Waals surface area contributed by atoms with Crippen molar-refractivity contribution in [2.45, 2.75) is 38.4 Å². The van der Waals surface area contributed by atoms with Crippen LogP contribution in [0.1, 0.15) is 51.2 Å². The molecule has 3 saturated heterocycles. The van der Waals surface area contributed by atoms with Crippen LogP contribution in [0.5, 0.6) is 0 Å². The van der Waals surface area contributed by atoms with Crippen LogP contribution in [0.3, 0.4) is 0 Å². The van der Waals surface area contributed by atoms with E-state index in [0.29, 0.717) is 83.7 Å². The minimum absolute atomic E-state index is 0.154. The summed E-state index contributed by atoms with van der Waals surface area (Å²) < 4.78 is 33.2. The molecule has 64 heavy (non-hydrogen) atoms. The minimum Gasteiger partial charge on any atom is -0.383 e. The average Bonchev–Trinajstić information content (AvgIpc) is 4.02. The van der Waals surface area contributed by atoms with Crippen molar-refractivity contribution in [3.05, 3.63) is 119 Å². The van der Waals surface area contributed by atoms with Crippen LogP contribution >= 0.6 is 0 Å². The Morgan fingerprint density at radius 3 is 2.44 bits per heavy atom. The first-order valence-electron chi connectivity index (χ1n) is 21.3. The van der Waals surface area contributed by atoms with Crippen molar-refractivity contribution in [2.24, 2.45) is 5.92 Å². The van der Waals surface area contributed by atoms with Gasteiger partial charge in [-0.05, 0) is 66.3 Å². The van der Waals surface area contributed by atoms with Crippen LogP contribution in [-0.2, 0) is 22.7 Å². The second-order valence-corrected chi connectivity index (χ2v) is 16.7. The first-order chi connectivity index (χ1) is 31.1. The number of piperidine rings is 1. The highest BCUT2D eigenvalue weighted by Crippen LogP contribution is 2.36. The quantitative estimate of drug-likeness (QED) is 0.168. The third-order valence-corrected chi connectivity index (χ3v) is 12.7. The van der Waals surface area contributed by atoms with Gasteiger partial charge in [0.15, 0.2) is 5.65 Å². The van der Waals surface area contributed by atoms with Crippen molar-refractivity contribution >= 4 is 51.9 Å². The molecule has 3 fully saturated rings. The molecule has 326 valence electrons. The minimum atomic E-state index is -0.757. The predicted molar refractivity (Wildman–Crippen MR) is 233 cm³/mol. The molecule has 3 aromatic carbocycles. The van der Waals surface area contributed by atoms with Crippen LogP contribution in [0.4, 0.5) is 26.0 Å². The first-order valence-corrected chi connectivity index (χ1v) is 21.3. The van der Waals surface area contributed by atoms with E-state index < -0.39 is 23.7 Å². The van der Waals surface area contributed by atoms with Crippen molar-refractivity contribution in [1.29, 1.82) is 0 Å². The fraction of sp³-hybridized carbons (Fsp3) is 0.304. The Labute approximate surface area is 366 Å². The number of fused-ring (bicyclic) bond motifs is 2. The summed E-state index contributed by atoms with van der Waals surface area (Å²) in [6, 6.07) is 20.0. The Morgan fingerprint density at radius 2 is 1.67 bits per heavy atom. The second-order valence-electron chi connectivity index (χ2n) is 16.7. The number of pyridine rings is 1. The molecule has 3 aromatic heterocycles. The lowest BCUT2D eigenvalue weighted by Crippen LogP contribution is -2.52. The fourth-order valence-corrected chi connectivity index (χ4v) is 9.35. The molecular formula is C46H44F2N12O4. The highest BCUT2D eigenvalue weighted by molar-refractivity contribution is 6.05. The van der Waals surface area contributed by atoms with E-state index >= 15 is 8.78 Å². The topological polar surface area (TPSA) is 188 Å². The number of aromatic nitrogens is 5. The van der Waals surface area contributed by atoms with Gasteiger partial charge in [-0.2, -0.15) is 5.10 Å². The molecule has 0 aliphatic carbocycles. The van der Waals surface area contributed by atoms with E-state index in [4.69, 9.17) is 10.8 Å². The number of imide groups is 1. The Kier molecular flexibility index (Phi) is 10.7. The van der Waals surface area contributed by atoms with Crippen LogP contribution in [0, 0.1) is 17.6 Å². The summed E-state index contributed by atoms with van der Waals surface area (Å²) in [5, 5.41) is 10.6. The molecule has 0 saturated carbocycles. The largest absolute Gasteiger partial charge is 0.383 e. The molecule has 0 spiro atoms. The number of nitrogens with zero attached hydrogens (tertiary/aromatic N) is 9. The van der Waals surface area contributed by atoms with E-state index in [1.807, 2.05) is 35.2 Å². The Hall–Kier alpha value is -7.34. The van der Waals surface area contributed by atoms with Crippen molar-refractivity contribution in [1.82, 2.24) is 45.2 Å². The van der Waals surface area contributed by atoms with Crippen LogP contribution < -0.4 is 26.2 Å². The number of carbonyl (C=O) groups is 4. The SMILES string of the molecule is Nc1ncnc2c1c(-c1ccc(CNC(=O)c3ccccn3)cc1)nn2-c1ccc(N2CC[C@@H](CN3CCN(c4cc5c(cc4F)C(=O)N([C@H]4CCC(=O)NC4=O)C5)CC3)C2)c(F)c1. The zero-order valence-corrected chi connectivity index (χ0v) is 34.7. The summed E-state index contributed by atoms with van der Waals surface area (Å²) >= 11 is 0. The highest BCUT2D eigenvalue weighted by Gasteiger charge is 2.40. The van der Waals surface area contributed by atoms with E-state index in [-0.39, 0.29) is 48.4 Å². The van der Waals surface area contributed by atoms with Gasteiger partial charge in [-0.3, -0.25) is 34.4 Å². The number of rotatable bonds is 10. The van der Waals surface area contributed by atoms with E-state index in [2.05, 4.69) is 35.4 Å². The van der Waals surface area contributed by atoms with Crippen LogP contribution in [-0.4, -0.2) is 110 Å². The second kappa shape index (κ2) is 16.7. The standard InChI is InChI=1S/C46H44F2N12O4/c47-33-20-31(60-43-40(42(49)52-26-53-43)41(55-60)29-6-4-27(5-7-29)22-51-44(62)35-3-1-2-13-50-35)8-9-36(33)58-14-12-28(24-58)23-56-15-17-57(18-16-56)38-19-30-25-59(46(64)32(30)21-34(38)48)37-10-11-39(61)54-45(37)63/h1-9,13,19-21,26,28,37H,10-12,14-18,22-25H2,(H,51,62)(H2,49,52,53)(H,54,61,63)/t28-,37-/m0/s1. The van der Waals surface area contributed by atoms with Crippen LogP contribution in [0.25, 0.3) is 28.0 Å². The molecule has 4 aliphatic rings. The molecule has 7 heterocycles. The number of halogens is 2. The Balaban J connectivity index is 0.764. The van der Waals surface area contributed by atoms with Gasteiger partial charge >= 0.3 is 0 Å². The normalized spacial score (nSPS) is 19.1. The number of hydrogen-bond acceptors (Lipinski definition) is 12. The predicted octanol–water partition coefficient (Wildman–Crippen LogP) is 4.08. The number of nitrogens with one attached hydrogen (secondary N) is 2. The zero-order chi connectivity index (χ0) is 44.1. The lowest BCUT2D eigenvalue weighted by atomic mass is 10.0. The monoisotopic (exact) mass is 866 g/mol. The van der Waals surface area contributed by atoms with Gasteiger partial charge in [0.25, 0.3) is 11.8 Å². The molecule has 10 rings (SSSR count). The maximum atomic E-state index is 16.1. The lowest BCUT2D eigenvalue weighted by Gasteiger charge is -2.37. The molecule has 2 atom stereocenters. The lowest BCUT2D eigenvalue weighted by molar-refractivity contribution is -0.136. The fourth-order valence-electron chi connectivity index (χ4n) is 9.35. The number of carbonyl (C=O) groups excluding carboxylic acids is 4. The summed E-state index contributed by atoms with van der Waals surface area (Å²) in [5.41, 5.74) is 11.7. The summed E-state index contributed by atoms with van der Waals surface area (Å²) in [6.45, 7) is 5.37. The van der Waals surface area contributed by atoms with E-state index in [1.165, 1.54) is 23.4 Å². The van der Waals surface area contributed by atoms with Crippen LogP contribution in [0.2, 0.25) is 0 Å². The third-order valence-electron chi connectivity index (χ3n) is 12.7. The molecule has 16 nitrogen and oxygen atoms in total. The van der Waals surface area contributed by atoms with E-state index in [1.54, 1.807) is 41.2 Å². The number of hydrogen-bond donors (Lipinski definition) is 3. The zero-order valence-electron chi connectivity index (χ0n) is 34.7. The summed E-state index contributed by atoms with van der Waals surface area (Å²) in [7, 11) is 0. The van der Waals surface area contributed by atoms with E-state index in [9.17, 15) is 19.2 Å². The molecule has 0 radical (unpaired) electrons. The maximum Gasteiger partial charge on any atom is 0.270 e. The van der Waals surface area contributed by atoms with Crippen LogP contribution in [0.15, 0.2) is 85.3 Å². The highest BCUT2D eigenvalue weighted by atomic mass is 19.1. The van der Waals surface area contributed by atoms with Crippen molar-refractivity contribution in [2.75, 3.05) is 61.3 Å². The number of nitrogens with two attached hydrogens (primary N) is 1. The number of benzene rings is 3. The molecule has 0 bridgehead atoms. The summed E-state index contributed by atoms with van der Waals surface area (Å²) in [5.74, 6) is -1.82. The molecule has 18 heteroatoms. The van der Waals surface area contributed by atoms with Gasteiger partial charge in [0.2, 0.25) is 11.8 Å². The maximum absolute atomic E-state index is 16.1. The van der Waals surface area contributed by atoms with Gasteiger partial charge < -0.3 is 25.8 Å². The molecule has 4 aliphatic heterocycles. The molecule has 4 N–H and O–H groups in total. The van der Waals surface area contributed by atoms with E-state index in [0.717, 1.165) is 37.2 Å². The van der Waals surface area contributed by atoms with Gasteiger partial charge in [0, 0.05) is 88.7 Å². The summed E-state index contributed by atoms with van der Waals surface area (Å²) in [4.78, 5) is 70.4. The Morgan fingerprint density at radius 1 is 0.859 bits per heavy atom. The van der Waals surface area contributed by atoms with Crippen molar-refractivity contribution < 1.29 is 28.0 Å². The number of nitrogen functional groups attached to an aromatic ring is 1. The third kappa shape index (κ3) is 7.73. The van der Waals surface area contributed by atoms with Gasteiger partial charge in [-0.15, -0.1) is 0 Å². The average molecular weight is 867 g/mol. The van der Waals surface area contributed by atoms with Gasteiger partial charge in [0.05, 0.1) is 22.4 Å². The molecular weight excluding hydrogens is 823 g/mol. The Bertz CT molecular complexity index is 2810. The van der Waals surface area contributed by atoms with Gasteiger partial charge in [-0.25, -0.2) is 23.4 Å². The van der Waals surface area contributed by atoms with Crippen molar-refractivity contribution in [3.8, 4) is 16.9 Å². The van der Waals surface area contributed by atoms with Gasteiger partial charge in [-0.1, -0.05) is 30.3 Å².